The number of aromatic nitrogens is 4. The fourth-order valence-electron chi connectivity index (χ4n) is 1.54. The van der Waals surface area contributed by atoms with E-state index in [4.69, 9.17) is 4.52 Å². The standard InChI is InChI=1S/C11H7FN4O2/c12-7-3-1-2-6(4-7)9-14-11(18-16-9)8-5-13-15-10(8)17/h1-5H,(H2,13,15,17). The van der Waals surface area contributed by atoms with Gasteiger partial charge in [0, 0.05) is 11.8 Å². The predicted molar refractivity (Wildman–Crippen MR) is 60.1 cm³/mol. The lowest BCUT2D eigenvalue weighted by atomic mass is 10.2. The van der Waals surface area contributed by atoms with Crippen LogP contribution in [0.15, 0.2) is 39.8 Å². The van der Waals surface area contributed by atoms with E-state index in [1.54, 1.807) is 12.1 Å². The predicted octanol–water partition coefficient (Wildman–Crippen LogP) is 1.56. The van der Waals surface area contributed by atoms with Gasteiger partial charge in [-0.2, -0.15) is 4.98 Å². The monoisotopic (exact) mass is 246 g/mol. The largest absolute Gasteiger partial charge is 0.333 e. The molecule has 0 saturated heterocycles. The molecule has 0 bridgehead atoms. The molecule has 1 aromatic carbocycles. The quantitative estimate of drug-likeness (QED) is 0.718. The van der Waals surface area contributed by atoms with Gasteiger partial charge in [0.2, 0.25) is 5.82 Å². The smallest absolute Gasteiger partial charge is 0.276 e. The summed E-state index contributed by atoms with van der Waals surface area (Å²) < 4.78 is 18.0. The number of benzene rings is 1. The Bertz CT molecular complexity index is 743. The number of nitrogens with one attached hydrogen (secondary N) is 2. The molecule has 0 radical (unpaired) electrons. The Morgan fingerprint density at radius 3 is 2.94 bits per heavy atom. The maximum atomic E-state index is 13.1. The second kappa shape index (κ2) is 3.95. The van der Waals surface area contributed by atoms with Crippen LogP contribution in [0.1, 0.15) is 0 Å². The van der Waals surface area contributed by atoms with Gasteiger partial charge in [-0.1, -0.05) is 17.3 Å². The number of hydrogen-bond acceptors (Lipinski definition) is 4. The lowest BCUT2D eigenvalue weighted by molar-refractivity contribution is 0.432. The number of H-pyrrole nitrogens is 2. The Balaban J connectivity index is 2.05. The number of rotatable bonds is 2. The SMILES string of the molecule is O=c1[nH][nH]cc1-c1nc(-c2cccc(F)c2)no1. The molecule has 90 valence electrons. The third kappa shape index (κ3) is 1.71. The molecule has 0 amide bonds. The summed E-state index contributed by atoms with van der Waals surface area (Å²) in [5.74, 6) is -0.0831. The molecular formula is C11H7FN4O2. The van der Waals surface area contributed by atoms with Crippen molar-refractivity contribution in [2.45, 2.75) is 0 Å². The minimum absolute atomic E-state index is 0.0803. The zero-order chi connectivity index (χ0) is 12.5. The molecule has 18 heavy (non-hydrogen) atoms. The van der Waals surface area contributed by atoms with Gasteiger partial charge in [0.1, 0.15) is 11.4 Å². The summed E-state index contributed by atoms with van der Waals surface area (Å²) in [6.45, 7) is 0. The Kier molecular flexibility index (Phi) is 2.30. The van der Waals surface area contributed by atoms with E-state index in [0.717, 1.165) is 0 Å². The Labute approximate surface area is 99.5 Å². The van der Waals surface area contributed by atoms with Gasteiger partial charge in [-0.3, -0.25) is 9.89 Å². The van der Waals surface area contributed by atoms with Crippen molar-refractivity contribution in [3.63, 3.8) is 0 Å². The van der Waals surface area contributed by atoms with Crippen LogP contribution in [-0.4, -0.2) is 20.3 Å². The normalized spacial score (nSPS) is 10.7. The summed E-state index contributed by atoms with van der Waals surface area (Å²) in [6.07, 6.45) is 1.42. The Morgan fingerprint density at radius 1 is 1.33 bits per heavy atom. The fourth-order valence-corrected chi connectivity index (χ4v) is 1.54. The van der Waals surface area contributed by atoms with Crippen LogP contribution in [0.4, 0.5) is 4.39 Å². The zero-order valence-corrected chi connectivity index (χ0v) is 8.98. The van der Waals surface area contributed by atoms with Gasteiger partial charge in [0.25, 0.3) is 11.4 Å². The lowest BCUT2D eigenvalue weighted by Crippen LogP contribution is -2.01. The summed E-state index contributed by atoms with van der Waals surface area (Å²) in [5, 5.41) is 8.59. The first-order chi connectivity index (χ1) is 8.74. The highest BCUT2D eigenvalue weighted by atomic mass is 19.1. The van der Waals surface area contributed by atoms with E-state index in [9.17, 15) is 9.18 Å². The van der Waals surface area contributed by atoms with Crippen molar-refractivity contribution in [1.29, 1.82) is 0 Å². The number of hydrogen-bond donors (Lipinski definition) is 2. The highest BCUT2D eigenvalue weighted by Crippen LogP contribution is 2.20. The van der Waals surface area contributed by atoms with E-state index in [-0.39, 0.29) is 22.8 Å². The molecule has 0 atom stereocenters. The molecule has 0 saturated carbocycles. The maximum Gasteiger partial charge on any atom is 0.276 e. The van der Waals surface area contributed by atoms with Gasteiger partial charge in [0.05, 0.1) is 0 Å². The van der Waals surface area contributed by atoms with Gasteiger partial charge in [-0.25, -0.2) is 4.39 Å². The van der Waals surface area contributed by atoms with Crippen LogP contribution in [0.25, 0.3) is 22.8 Å². The third-order valence-corrected chi connectivity index (χ3v) is 2.39. The molecule has 0 unspecified atom stereocenters. The molecule has 0 aliphatic heterocycles. The molecule has 0 aliphatic carbocycles. The van der Waals surface area contributed by atoms with E-state index in [1.807, 2.05) is 0 Å². The van der Waals surface area contributed by atoms with Crippen molar-refractivity contribution in [2.24, 2.45) is 0 Å². The van der Waals surface area contributed by atoms with Crippen molar-refractivity contribution < 1.29 is 8.91 Å². The van der Waals surface area contributed by atoms with Gasteiger partial charge in [-0.15, -0.1) is 0 Å². The van der Waals surface area contributed by atoms with E-state index >= 15 is 0 Å². The van der Waals surface area contributed by atoms with Crippen molar-refractivity contribution >= 4 is 0 Å². The van der Waals surface area contributed by atoms with Crippen molar-refractivity contribution in [2.75, 3.05) is 0 Å². The van der Waals surface area contributed by atoms with Gasteiger partial charge in [0.15, 0.2) is 0 Å². The van der Waals surface area contributed by atoms with Crippen molar-refractivity contribution in [3.8, 4) is 22.8 Å². The van der Waals surface area contributed by atoms with Crippen molar-refractivity contribution in [1.82, 2.24) is 20.3 Å². The number of halogens is 1. The van der Waals surface area contributed by atoms with Gasteiger partial charge < -0.3 is 9.62 Å². The van der Waals surface area contributed by atoms with Crippen LogP contribution in [0.2, 0.25) is 0 Å². The second-order valence-electron chi connectivity index (χ2n) is 3.59. The van der Waals surface area contributed by atoms with E-state index in [1.165, 1.54) is 18.3 Å². The van der Waals surface area contributed by atoms with Crippen LogP contribution in [0, 0.1) is 5.82 Å². The summed E-state index contributed by atoms with van der Waals surface area (Å²) in [4.78, 5) is 15.4. The lowest BCUT2D eigenvalue weighted by Gasteiger charge is -1.92. The minimum Gasteiger partial charge on any atom is -0.333 e. The van der Waals surface area contributed by atoms with Crippen molar-refractivity contribution in [3.05, 3.63) is 46.6 Å². The molecule has 0 fully saturated rings. The molecule has 2 N–H and O–H groups in total. The summed E-state index contributed by atoms with van der Waals surface area (Å²) in [6, 6.07) is 5.81. The van der Waals surface area contributed by atoms with Crippen LogP contribution < -0.4 is 5.56 Å². The molecule has 0 spiro atoms. The average molecular weight is 246 g/mol. The minimum atomic E-state index is -0.390. The molecule has 3 aromatic rings. The molecule has 2 aromatic heterocycles. The topological polar surface area (TPSA) is 87.6 Å². The molecule has 2 heterocycles. The second-order valence-corrected chi connectivity index (χ2v) is 3.59. The third-order valence-electron chi connectivity index (χ3n) is 2.39. The maximum absolute atomic E-state index is 13.1. The van der Waals surface area contributed by atoms with E-state index < -0.39 is 5.82 Å². The first kappa shape index (κ1) is 10.5. The number of nitrogens with zero attached hydrogens (tertiary/aromatic N) is 2. The average Bonchev–Trinajstić information content (AvgIpc) is 2.97. The first-order valence-corrected chi connectivity index (χ1v) is 5.10. The summed E-state index contributed by atoms with van der Waals surface area (Å²) >= 11 is 0. The molecule has 3 rings (SSSR count). The fraction of sp³-hybridized carbons (Fsp3) is 0. The van der Waals surface area contributed by atoms with E-state index in [0.29, 0.717) is 5.56 Å². The Hall–Kier alpha value is -2.70. The highest BCUT2D eigenvalue weighted by Gasteiger charge is 2.14. The molecule has 0 aliphatic rings. The van der Waals surface area contributed by atoms with Crippen LogP contribution in [0.3, 0.4) is 0 Å². The molecule has 6 nitrogen and oxygen atoms in total. The molecular weight excluding hydrogens is 239 g/mol. The van der Waals surface area contributed by atoms with Crippen LogP contribution in [-0.2, 0) is 0 Å². The first-order valence-electron chi connectivity index (χ1n) is 5.10. The number of aromatic amines is 2. The van der Waals surface area contributed by atoms with Gasteiger partial charge in [-0.05, 0) is 12.1 Å². The van der Waals surface area contributed by atoms with Crippen LogP contribution in [0.5, 0.6) is 0 Å². The van der Waals surface area contributed by atoms with E-state index in [2.05, 4.69) is 20.3 Å². The Morgan fingerprint density at radius 2 is 2.22 bits per heavy atom. The van der Waals surface area contributed by atoms with Gasteiger partial charge >= 0.3 is 0 Å². The zero-order valence-electron chi connectivity index (χ0n) is 8.98. The molecule has 7 heteroatoms. The van der Waals surface area contributed by atoms with Crippen LogP contribution >= 0.6 is 0 Å². The summed E-state index contributed by atoms with van der Waals surface area (Å²) in [7, 11) is 0. The highest BCUT2D eigenvalue weighted by molar-refractivity contribution is 5.58. The summed E-state index contributed by atoms with van der Waals surface area (Å²) in [5.41, 5.74) is 0.367.